The number of hydrogen-bond acceptors (Lipinski definition) is 8. The Hall–Kier alpha value is -1.33. The van der Waals surface area contributed by atoms with Gasteiger partial charge in [0.15, 0.2) is 18.2 Å². The summed E-state index contributed by atoms with van der Waals surface area (Å²) in [4.78, 5) is 13.4. The molecule has 2 aromatic heterocycles. The van der Waals surface area contributed by atoms with Crippen LogP contribution in [0.1, 0.15) is 20.1 Å². The molecule has 2 fully saturated rings. The van der Waals surface area contributed by atoms with Crippen molar-refractivity contribution in [3.63, 3.8) is 0 Å². The summed E-state index contributed by atoms with van der Waals surface area (Å²) in [6, 6.07) is 1.82. The monoisotopic (exact) mass is 384 g/mol. The summed E-state index contributed by atoms with van der Waals surface area (Å²) in [5, 5.41) is 13.0. The van der Waals surface area contributed by atoms with Crippen molar-refractivity contribution in [1.29, 1.82) is 0 Å². The normalized spacial score (nSPS) is 31.7. The summed E-state index contributed by atoms with van der Waals surface area (Å²) in [6.45, 7) is 3.66. The average Bonchev–Trinajstić information content (AvgIpc) is 3.24. The molecule has 0 bridgehead atoms. The van der Waals surface area contributed by atoms with Crippen LogP contribution < -0.4 is 0 Å². The van der Waals surface area contributed by atoms with Gasteiger partial charge in [0.05, 0.1) is 12.5 Å². The molecular formula is C16H21ClN4O5. The Balaban J connectivity index is 1.73. The lowest BCUT2D eigenvalue weighted by Crippen LogP contribution is -2.47. The molecule has 5 atom stereocenters. The molecule has 0 spiro atoms. The molecule has 9 nitrogen and oxygen atoms in total. The zero-order valence-corrected chi connectivity index (χ0v) is 15.6. The second kappa shape index (κ2) is 6.38. The molecule has 1 N–H and O–H groups in total. The molecule has 2 aromatic rings. The lowest BCUT2D eigenvalue weighted by molar-refractivity contribution is -0.266. The summed E-state index contributed by atoms with van der Waals surface area (Å²) in [5.74, 6) is -0.795. The van der Waals surface area contributed by atoms with Crippen LogP contribution in [0.15, 0.2) is 18.6 Å². The largest absolute Gasteiger partial charge is 0.373 e. The van der Waals surface area contributed by atoms with Crippen molar-refractivity contribution in [2.75, 3.05) is 14.2 Å². The van der Waals surface area contributed by atoms with Gasteiger partial charge in [-0.3, -0.25) is 4.84 Å². The Labute approximate surface area is 155 Å². The topological polar surface area (TPSA) is 91.1 Å². The average molecular weight is 385 g/mol. The minimum Gasteiger partial charge on any atom is -0.373 e. The van der Waals surface area contributed by atoms with Crippen molar-refractivity contribution < 1.29 is 24.2 Å². The van der Waals surface area contributed by atoms with Crippen LogP contribution in [0.2, 0.25) is 5.15 Å². The zero-order valence-electron chi connectivity index (χ0n) is 14.9. The number of fused-ring (bicyclic) bond motifs is 2. The third kappa shape index (κ3) is 2.80. The van der Waals surface area contributed by atoms with Gasteiger partial charge in [0, 0.05) is 13.2 Å². The van der Waals surface area contributed by atoms with Crippen molar-refractivity contribution >= 4 is 22.6 Å². The van der Waals surface area contributed by atoms with Gasteiger partial charge in [-0.15, -0.1) is 0 Å². The number of aromatic nitrogens is 3. The number of hydrogen-bond donors (Lipinski definition) is 1. The highest BCUT2D eigenvalue weighted by Gasteiger charge is 2.58. The Bertz CT molecular complexity index is 815. The molecule has 4 heterocycles. The maximum atomic E-state index is 10.6. The van der Waals surface area contributed by atoms with Crippen LogP contribution in [-0.2, 0) is 19.0 Å². The van der Waals surface area contributed by atoms with Crippen LogP contribution in [0.5, 0.6) is 0 Å². The molecular weight excluding hydrogens is 364 g/mol. The minimum atomic E-state index is -1.03. The third-order valence-corrected chi connectivity index (χ3v) is 5.06. The van der Waals surface area contributed by atoms with E-state index in [2.05, 4.69) is 9.97 Å². The zero-order chi connectivity index (χ0) is 18.6. The first-order valence-electron chi connectivity index (χ1n) is 8.25. The molecule has 2 saturated heterocycles. The Kier molecular flexibility index (Phi) is 4.43. The van der Waals surface area contributed by atoms with Gasteiger partial charge in [-0.1, -0.05) is 11.6 Å². The Morgan fingerprint density at radius 1 is 1.35 bits per heavy atom. The number of likely N-dealkylation sites (N-methyl/N-ethyl adjacent to an activating group) is 1. The molecule has 4 rings (SSSR count). The van der Waals surface area contributed by atoms with E-state index in [0.29, 0.717) is 16.2 Å². The molecule has 0 aromatic carbocycles. The van der Waals surface area contributed by atoms with Crippen molar-refractivity contribution in [3.8, 4) is 0 Å². The summed E-state index contributed by atoms with van der Waals surface area (Å²) >= 11 is 6.15. The number of aliphatic hydroxyl groups is 1. The van der Waals surface area contributed by atoms with E-state index in [0.717, 1.165) is 0 Å². The van der Waals surface area contributed by atoms with E-state index < -0.39 is 36.6 Å². The highest BCUT2D eigenvalue weighted by Crippen LogP contribution is 2.45. The highest BCUT2D eigenvalue weighted by atomic mass is 35.5. The van der Waals surface area contributed by atoms with Crippen LogP contribution in [0, 0.1) is 0 Å². The molecule has 2 aliphatic heterocycles. The SMILES string of the molecule is CON(C)C(O)[C@H]1O[C@@H](n2ccc3c(Cl)ncnc32)[C@@H]2OC(C)(C)O[C@@H]21. The molecule has 26 heavy (non-hydrogen) atoms. The van der Waals surface area contributed by atoms with E-state index in [9.17, 15) is 5.11 Å². The predicted molar refractivity (Wildman–Crippen MR) is 91.1 cm³/mol. The number of nitrogens with zero attached hydrogens (tertiary/aromatic N) is 4. The fraction of sp³-hybridized carbons (Fsp3) is 0.625. The third-order valence-electron chi connectivity index (χ3n) is 4.75. The van der Waals surface area contributed by atoms with E-state index in [1.165, 1.54) is 18.5 Å². The van der Waals surface area contributed by atoms with Gasteiger partial charge in [0.1, 0.15) is 35.4 Å². The number of halogens is 1. The van der Waals surface area contributed by atoms with E-state index in [4.69, 9.17) is 30.6 Å². The molecule has 1 unspecified atom stereocenters. The predicted octanol–water partition coefficient (Wildman–Crippen LogP) is 1.31. The maximum Gasteiger partial charge on any atom is 0.165 e. The first-order valence-corrected chi connectivity index (χ1v) is 8.63. The maximum absolute atomic E-state index is 10.6. The highest BCUT2D eigenvalue weighted by molar-refractivity contribution is 6.33. The lowest BCUT2D eigenvalue weighted by atomic mass is 10.1. The number of hydroxylamine groups is 2. The van der Waals surface area contributed by atoms with Gasteiger partial charge in [0.2, 0.25) is 0 Å². The Morgan fingerprint density at radius 3 is 2.81 bits per heavy atom. The molecule has 0 saturated carbocycles. The van der Waals surface area contributed by atoms with Crippen molar-refractivity contribution in [1.82, 2.24) is 19.6 Å². The fourth-order valence-electron chi connectivity index (χ4n) is 3.53. The molecule has 142 valence electrons. The van der Waals surface area contributed by atoms with Gasteiger partial charge < -0.3 is 23.9 Å². The minimum absolute atomic E-state index is 0.364. The van der Waals surface area contributed by atoms with Gasteiger partial charge in [0.25, 0.3) is 0 Å². The smallest absolute Gasteiger partial charge is 0.165 e. The standard InChI is InChI=1S/C16H21ClN4O5/c1-16(2)25-9-10(14(22)20(3)23-4)24-15(11(9)26-16)21-6-5-8-12(17)18-7-19-13(8)21/h5-7,9-11,14-15,22H,1-4H3/t9-,10+,11-,14?,15-/m1/s1. The van der Waals surface area contributed by atoms with E-state index in [-0.39, 0.29) is 0 Å². The molecule has 0 radical (unpaired) electrons. The van der Waals surface area contributed by atoms with E-state index in [1.807, 2.05) is 30.7 Å². The first-order chi connectivity index (χ1) is 12.3. The lowest BCUT2D eigenvalue weighted by Gasteiger charge is -2.30. The van der Waals surface area contributed by atoms with Crippen molar-refractivity contribution in [3.05, 3.63) is 23.7 Å². The van der Waals surface area contributed by atoms with Crippen LogP contribution >= 0.6 is 11.6 Å². The van der Waals surface area contributed by atoms with Crippen molar-refractivity contribution in [2.45, 2.75) is 50.4 Å². The Morgan fingerprint density at radius 2 is 2.08 bits per heavy atom. The van der Waals surface area contributed by atoms with Gasteiger partial charge in [-0.25, -0.2) is 9.97 Å². The van der Waals surface area contributed by atoms with Crippen LogP contribution in [0.25, 0.3) is 11.0 Å². The van der Waals surface area contributed by atoms with Crippen LogP contribution in [0.4, 0.5) is 0 Å². The van der Waals surface area contributed by atoms with Crippen LogP contribution in [0.3, 0.4) is 0 Å². The molecule has 0 amide bonds. The van der Waals surface area contributed by atoms with Gasteiger partial charge in [-0.2, -0.15) is 5.06 Å². The van der Waals surface area contributed by atoms with Crippen LogP contribution in [-0.4, -0.2) is 69.2 Å². The molecule has 0 aliphatic carbocycles. The summed E-state index contributed by atoms with van der Waals surface area (Å²) in [5.41, 5.74) is 0.622. The number of rotatable bonds is 4. The summed E-state index contributed by atoms with van der Waals surface area (Å²) in [6.07, 6.45) is 0.0543. The fourth-order valence-corrected chi connectivity index (χ4v) is 3.72. The quantitative estimate of drug-likeness (QED) is 0.479. The summed E-state index contributed by atoms with van der Waals surface area (Å²) < 4.78 is 20.0. The number of ether oxygens (including phenoxy) is 3. The second-order valence-electron chi connectivity index (χ2n) is 6.82. The number of aliphatic hydroxyl groups excluding tert-OH is 1. The van der Waals surface area contributed by atoms with Gasteiger partial charge >= 0.3 is 0 Å². The summed E-state index contributed by atoms with van der Waals surface area (Å²) in [7, 11) is 3.09. The van der Waals surface area contributed by atoms with Crippen molar-refractivity contribution in [2.24, 2.45) is 0 Å². The first kappa shape index (κ1) is 18.1. The van der Waals surface area contributed by atoms with E-state index in [1.54, 1.807) is 7.05 Å². The molecule has 2 aliphatic rings. The second-order valence-corrected chi connectivity index (χ2v) is 7.18. The van der Waals surface area contributed by atoms with E-state index >= 15 is 0 Å². The molecule has 10 heteroatoms. The van der Waals surface area contributed by atoms with Gasteiger partial charge in [-0.05, 0) is 19.9 Å².